The van der Waals surface area contributed by atoms with Crippen LogP contribution in [0.25, 0.3) is 110 Å². The second kappa shape index (κ2) is 14.1. The molecule has 0 saturated carbocycles. The molecular weight excluding hydrogens is 701 g/mol. The van der Waals surface area contributed by atoms with Gasteiger partial charge in [-0.05, 0) is 96.7 Å². The Morgan fingerprint density at radius 1 is 0.224 bits per heavy atom. The summed E-state index contributed by atoms with van der Waals surface area (Å²) in [7, 11) is 0. The van der Waals surface area contributed by atoms with Gasteiger partial charge in [0, 0.05) is 27.5 Å². The Kier molecular flexibility index (Phi) is 8.19. The van der Waals surface area contributed by atoms with Crippen LogP contribution in [-0.2, 0) is 0 Å². The van der Waals surface area contributed by atoms with Crippen molar-refractivity contribution in [2.45, 2.75) is 0 Å². The summed E-state index contributed by atoms with van der Waals surface area (Å²) in [5.74, 6) is 0. The maximum atomic E-state index is 5.48. The zero-order valence-corrected chi connectivity index (χ0v) is 31.7. The molecule has 2 nitrogen and oxygen atoms in total. The third-order valence-corrected chi connectivity index (χ3v) is 11.4. The maximum Gasteiger partial charge on any atom is 0.0794 e. The van der Waals surface area contributed by atoms with E-state index in [2.05, 4.69) is 212 Å². The molecule has 0 saturated heterocycles. The number of nitrogens with zero attached hydrogens (tertiary/aromatic N) is 2. The first-order chi connectivity index (χ1) is 28.7. The van der Waals surface area contributed by atoms with Crippen molar-refractivity contribution in [1.82, 2.24) is 9.97 Å². The molecule has 0 atom stereocenters. The number of benzene rings is 9. The van der Waals surface area contributed by atoms with E-state index in [1.54, 1.807) is 0 Å². The first-order valence-electron chi connectivity index (χ1n) is 19.8. The highest BCUT2D eigenvalue weighted by Crippen LogP contribution is 2.42. The van der Waals surface area contributed by atoms with E-state index in [0.29, 0.717) is 0 Å². The second-order valence-corrected chi connectivity index (χ2v) is 15.0. The molecule has 2 heterocycles. The molecule has 0 radical (unpaired) electrons. The Morgan fingerprint density at radius 2 is 0.690 bits per heavy atom. The largest absolute Gasteiger partial charge is 0.248 e. The number of hydrogen-bond acceptors (Lipinski definition) is 2. The molecule has 270 valence electrons. The third kappa shape index (κ3) is 6.09. The monoisotopic (exact) mass is 736 g/mol. The number of hydrogen-bond donors (Lipinski definition) is 0. The van der Waals surface area contributed by atoms with Crippen molar-refractivity contribution in [3.63, 3.8) is 0 Å². The fraction of sp³-hybridized carbons (Fsp3) is 0. The molecule has 0 aliphatic heterocycles. The van der Waals surface area contributed by atoms with Gasteiger partial charge in [-0.1, -0.05) is 182 Å². The SMILES string of the molecule is c1ccc(-c2cc(-c3ccccc3)nc(-c3ccc(-c4cc5c(-c6ccc7ccccc7c6)cc(-c6ccc7ccccc7c6)nc5c5ccccc45)cc3)c2)cc1. The van der Waals surface area contributed by atoms with Gasteiger partial charge in [-0.3, -0.25) is 0 Å². The summed E-state index contributed by atoms with van der Waals surface area (Å²) >= 11 is 0. The molecule has 0 fully saturated rings. The molecule has 11 aromatic rings. The van der Waals surface area contributed by atoms with E-state index in [4.69, 9.17) is 9.97 Å². The van der Waals surface area contributed by atoms with Crippen LogP contribution in [0, 0.1) is 0 Å². The maximum absolute atomic E-state index is 5.48. The summed E-state index contributed by atoms with van der Waals surface area (Å²) in [4.78, 5) is 10.7. The van der Waals surface area contributed by atoms with Crippen LogP contribution in [0.1, 0.15) is 0 Å². The molecule has 0 aliphatic carbocycles. The first kappa shape index (κ1) is 33.6. The van der Waals surface area contributed by atoms with Gasteiger partial charge in [0.05, 0.1) is 22.6 Å². The molecule has 2 heteroatoms. The summed E-state index contributed by atoms with van der Waals surface area (Å²) in [5, 5.41) is 8.30. The molecule has 0 amide bonds. The molecule has 2 aromatic heterocycles. The van der Waals surface area contributed by atoms with Crippen molar-refractivity contribution in [2.24, 2.45) is 0 Å². The van der Waals surface area contributed by atoms with E-state index in [-0.39, 0.29) is 0 Å². The summed E-state index contributed by atoms with van der Waals surface area (Å²) in [6.45, 7) is 0. The summed E-state index contributed by atoms with van der Waals surface area (Å²) in [6, 6.07) is 78.3. The van der Waals surface area contributed by atoms with Crippen LogP contribution in [0.3, 0.4) is 0 Å². The zero-order valence-electron chi connectivity index (χ0n) is 31.7. The normalized spacial score (nSPS) is 11.4. The molecule has 0 N–H and O–H groups in total. The Labute approximate surface area is 337 Å². The number of rotatable bonds is 6. The van der Waals surface area contributed by atoms with Crippen molar-refractivity contribution in [1.29, 1.82) is 0 Å². The van der Waals surface area contributed by atoms with Crippen molar-refractivity contribution < 1.29 is 0 Å². The first-order valence-corrected chi connectivity index (χ1v) is 19.8. The number of pyridine rings is 2. The fourth-order valence-corrected chi connectivity index (χ4v) is 8.44. The van der Waals surface area contributed by atoms with E-state index in [1.165, 1.54) is 43.6 Å². The third-order valence-electron chi connectivity index (χ3n) is 11.4. The molecule has 9 aromatic carbocycles. The van der Waals surface area contributed by atoms with E-state index < -0.39 is 0 Å². The molecule has 58 heavy (non-hydrogen) atoms. The molecule has 0 unspecified atom stereocenters. The van der Waals surface area contributed by atoms with Gasteiger partial charge in [-0.25, -0.2) is 9.97 Å². The lowest BCUT2D eigenvalue weighted by Crippen LogP contribution is -1.94. The van der Waals surface area contributed by atoms with Gasteiger partial charge in [-0.2, -0.15) is 0 Å². The fourth-order valence-electron chi connectivity index (χ4n) is 8.44. The number of aromatic nitrogens is 2. The van der Waals surface area contributed by atoms with Crippen LogP contribution in [0.5, 0.6) is 0 Å². The topological polar surface area (TPSA) is 25.8 Å². The lowest BCUT2D eigenvalue weighted by molar-refractivity contribution is 1.32. The van der Waals surface area contributed by atoms with E-state index in [9.17, 15) is 0 Å². The van der Waals surface area contributed by atoms with Gasteiger partial charge in [0.2, 0.25) is 0 Å². The van der Waals surface area contributed by atoms with E-state index in [1.807, 2.05) is 6.07 Å². The summed E-state index contributed by atoms with van der Waals surface area (Å²) in [5.41, 5.74) is 14.1. The van der Waals surface area contributed by atoms with Gasteiger partial charge < -0.3 is 0 Å². The average Bonchev–Trinajstić information content (AvgIpc) is 3.31. The minimum absolute atomic E-state index is 0.944. The standard InChI is InChI=1S/C56H36N2/c1-3-13-37(14-4-1)47-33-53(41-17-5-2-6-18-41)57-54(34-47)42-27-25-40(26-28-42)50-35-52-51(45-29-23-38-15-7-9-19-43(38)31-45)36-55(58-56(52)49-22-12-11-21-48(49)50)46-30-24-39-16-8-10-20-44(39)32-46/h1-36H. The summed E-state index contributed by atoms with van der Waals surface area (Å²) < 4.78 is 0. The summed E-state index contributed by atoms with van der Waals surface area (Å²) in [6.07, 6.45) is 0. The van der Waals surface area contributed by atoms with Gasteiger partial charge in [-0.15, -0.1) is 0 Å². The lowest BCUT2D eigenvalue weighted by atomic mass is 9.90. The molecule has 11 rings (SSSR count). The van der Waals surface area contributed by atoms with Crippen LogP contribution < -0.4 is 0 Å². The predicted molar refractivity (Wildman–Crippen MR) is 245 cm³/mol. The van der Waals surface area contributed by atoms with Crippen molar-refractivity contribution in [3.8, 4) is 67.2 Å². The quantitative estimate of drug-likeness (QED) is 0.159. The Bertz CT molecular complexity index is 3260. The Balaban J connectivity index is 1.09. The predicted octanol–water partition coefficient (Wildman–Crippen LogP) is 15.1. The average molecular weight is 737 g/mol. The second-order valence-electron chi connectivity index (χ2n) is 15.0. The highest BCUT2D eigenvalue weighted by molar-refractivity contribution is 6.16. The highest BCUT2D eigenvalue weighted by Gasteiger charge is 2.17. The smallest absolute Gasteiger partial charge is 0.0794 e. The van der Waals surface area contributed by atoms with Crippen LogP contribution >= 0.6 is 0 Å². The molecule has 0 spiro atoms. The number of fused-ring (bicyclic) bond motifs is 5. The minimum atomic E-state index is 0.944. The van der Waals surface area contributed by atoms with E-state index >= 15 is 0 Å². The molecular formula is C56H36N2. The van der Waals surface area contributed by atoms with Crippen molar-refractivity contribution in [2.75, 3.05) is 0 Å². The van der Waals surface area contributed by atoms with Crippen molar-refractivity contribution in [3.05, 3.63) is 218 Å². The molecule has 0 bridgehead atoms. The van der Waals surface area contributed by atoms with Crippen LogP contribution in [0.2, 0.25) is 0 Å². The Morgan fingerprint density at radius 3 is 1.36 bits per heavy atom. The van der Waals surface area contributed by atoms with Crippen LogP contribution in [-0.4, -0.2) is 9.97 Å². The van der Waals surface area contributed by atoms with E-state index in [0.717, 1.165) is 66.8 Å². The van der Waals surface area contributed by atoms with Crippen LogP contribution in [0.4, 0.5) is 0 Å². The van der Waals surface area contributed by atoms with Crippen LogP contribution in [0.15, 0.2) is 218 Å². The van der Waals surface area contributed by atoms with Crippen molar-refractivity contribution >= 4 is 43.2 Å². The van der Waals surface area contributed by atoms with Gasteiger partial charge >= 0.3 is 0 Å². The van der Waals surface area contributed by atoms with Gasteiger partial charge in [0.15, 0.2) is 0 Å². The highest BCUT2D eigenvalue weighted by atomic mass is 14.7. The minimum Gasteiger partial charge on any atom is -0.248 e. The van der Waals surface area contributed by atoms with Gasteiger partial charge in [0.25, 0.3) is 0 Å². The Hall–Kier alpha value is -7.68. The van der Waals surface area contributed by atoms with Gasteiger partial charge in [0.1, 0.15) is 0 Å². The molecule has 0 aliphatic rings. The zero-order chi connectivity index (χ0) is 38.4. The lowest BCUT2D eigenvalue weighted by Gasteiger charge is -2.16.